The Hall–Kier alpha value is -1.56. The second kappa shape index (κ2) is 6.39. The van der Waals surface area contributed by atoms with E-state index in [1.807, 2.05) is 26.8 Å². The lowest BCUT2D eigenvalue weighted by Crippen LogP contribution is -2.47. The molecule has 4 N–H and O–H groups in total. The van der Waals surface area contributed by atoms with Crippen LogP contribution in [0.2, 0.25) is 0 Å². The molecule has 1 amide bonds. The van der Waals surface area contributed by atoms with Crippen molar-refractivity contribution in [3.8, 4) is 0 Å². The standard InChI is InChI=1S/C12H19N3O2S/c1-4-8-5-6-9(18-8)12(16)14-10(7(2)3)11(13)15-17/h5-7,10,17H,4H2,1-3H3,(H2,13,15)(H,14,16). The largest absolute Gasteiger partial charge is 0.409 e. The zero-order chi connectivity index (χ0) is 13.7. The lowest BCUT2D eigenvalue weighted by molar-refractivity contribution is 0.0943. The predicted octanol–water partition coefficient (Wildman–Crippen LogP) is 1.81. The van der Waals surface area contributed by atoms with Crippen LogP contribution in [0.1, 0.15) is 35.3 Å². The molecule has 1 aromatic rings. The van der Waals surface area contributed by atoms with E-state index in [9.17, 15) is 4.79 Å². The third-order valence-electron chi connectivity index (χ3n) is 2.62. The van der Waals surface area contributed by atoms with Crippen molar-refractivity contribution in [2.75, 3.05) is 0 Å². The van der Waals surface area contributed by atoms with Crippen LogP contribution in [-0.2, 0) is 6.42 Å². The van der Waals surface area contributed by atoms with Gasteiger partial charge in [0.2, 0.25) is 0 Å². The molecule has 0 aliphatic rings. The fraction of sp³-hybridized carbons (Fsp3) is 0.500. The number of nitrogens with zero attached hydrogens (tertiary/aromatic N) is 1. The summed E-state index contributed by atoms with van der Waals surface area (Å²) in [5.41, 5.74) is 5.56. The maximum atomic E-state index is 12.0. The summed E-state index contributed by atoms with van der Waals surface area (Å²) >= 11 is 1.46. The Morgan fingerprint density at radius 3 is 2.67 bits per heavy atom. The van der Waals surface area contributed by atoms with Crippen LogP contribution in [0.5, 0.6) is 0 Å². The van der Waals surface area contributed by atoms with Crippen molar-refractivity contribution in [3.63, 3.8) is 0 Å². The SMILES string of the molecule is CCc1ccc(C(=O)NC(C(N)=NO)C(C)C)s1. The Morgan fingerprint density at radius 2 is 2.22 bits per heavy atom. The summed E-state index contributed by atoms with van der Waals surface area (Å²) in [6.45, 7) is 5.84. The van der Waals surface area contributed by atoms with Gasteiger partial charge in [0.05, 0.1) is 10.9 Å². The van der Waals surface area contributed by atoms with E-state index in [1.54, 1.807) is 6.07 Å². The molecule has 0 saturated heterocycles. The number of rotatable bonds is 5. The number of amides is 1. The Bertz CT molecular complexity index is 440. The van der Waals surface area contributed by atoms with Gasteiger partial charge in [0.1, 0.15) is 0 Å². The molecule has 0 radical (unpaired) electrons. The highest BCUT2D eigenvalue weighted by molar-refractivity contribution is 7.14. The van der Waals surface area contributed by atoms with Crippen molar-refractivity contribution in [2.45, 2.75) is 33.2 Å². The number of nitrogens with two attached hydrogens (primary N) is 1. The molecular weight excluding hydrogens is 250 g/mol. The maximum Gasteiger partial charge on any atom is 0.261 e. The quantitative estimate of drug-likeness (QED) is 0.330. The molecule has 18 heavy (non-hydrogen) atoms. The molecule has 0 saturated carbocycles. The molecule has 1 rings (SSSR count). The first-order valence-corrected chi connectivity index (χ1v) is 6.68. The number of nitrogens with one attached hydrogen (secondary N) is 1. The van der Waals surface area contributed by atoms with Crippen LogP contribution >= 0.6 is 11.3 Å². The van der Waals surface area contributed by atoms with Crippen molar-refractivity contribution in [2.24, 2.45) is 16.8 Å². The van der Waals surface area contributed by atoms with Crippen LogP contribution in [0.4, 0.5) is 0 Å². The second-order valence-electron chi connectivity index (χ2n) is 4.34. The van der Waals surface area contributed by atoms with E-state index in [0.717, 1.165) is 11.3 Å². The van der Waals surface area contributed by atoms with E-state index in [4.69, 9.17) is 10.9 Å². The zero-order valence-corrected chi connectivity index (χ0v) is 11.6. The maximum absolute atomic E-state index is 12.0. The predicted molar refractivity (Wildman–Crippen MR) is 73.2 cm³/mol. The van der Waals surface area contributed by atoms with E-state index in [0.29, 0.717) is 4.88 Å². The number of carbonyl (C=O) groups excluding carboxylic acids is 1. The zero-order valence-electron chi connectivity index (χ0n) is 10.8. The van der Waals surface area contributed by atoms with Crippen LogP contribution in [0.25, 0.3) is 0 Å². The summed E-state index contributed by atoms with van der Waals surface area (Å²) < 4.78 is 0. The Morgan fingerprint density at radius 1 is 1.56 bits per heavy atom. The lowest BCUT2D eigenvalue weighted by atomic mass is 10.0. The van der Waals surface area contributed by atoms with Crippen LogP contribution < -0.4 is 11.1 Å². The molecule has 1 atom stereocenters. The monoisotopic (exact) mass is 269 g/mol. The number of oxime groups is 1. The van der Waals surface area contributed by atoms with Gasteiger partial charge in [0.25, 0.3) is 5.91 Å². The van der Waals surface area contributed by atoms with Gasteiger partial charge in [-0.05, 0) is 24.5 Å². The normalized spacial score (nSPS) is 13.7. The van der Waals surface area contributed by atoms with Crippen molar-refractivity contribution in [1.82, 2.24) is 5.32 Å². The smallest absolute Gasteiger partial charge is 0.261 e. The molecule has 0 fully saturated rings. The van der Waals surface area contributed by atoms with Crippen LogP contribution in [0.15, 0.2) is 17.3 Å². The molecule has 0 spiro atoms. The highest BCUT2D eigenvalue weighted by Gasteiger charge is 2.22. The van der Waals surface area contributed by atoms with E-state index < -0.39 is 6.04 Å². The first kappa shape index (κ1) is 14.5. The van der Waals surface area contributed by atoms with Crippen molar-refractivity contribution in [1.29, 1.82) is 0 Å². The first-order chi connectivity index (χ1) is 8.49. The van der Waals surface area contributed by atoms with Gasteiger partial charge >= 0.3 is 0 Å². The molecule has 1 unspecified atom stereocenters. The summed E-state index contributed by atoms with van der Waals surface area (Å²) in [7, 11) is 0. The number of carbonyl (C=O) groups is 1. The molecule has 0 aliphatic heterocycles. The number of thiophene rings is 1. The van der Waals surface area contributed by atoms with Gasteiger partial charge in [-0.3, -0.25) is 4.79 Å². The van der Waals surface area contributed by atoms with E-state index >= 15 is 0 Å². The molecule has 6 heteroatoms. The van der Waals surface area contributed by atoms with Crippen LogP contribution in [0.3, 0.4) is 0 Å². The average molecular weight is 269 g/mol. The number of hydrogen-bond donors (Lipinski definition) is 3. The third-order valence-corrected chi connectivity index (χ3v) is 3.85. The van der Waals surface area contributed by atoms with Gasteiger partial charge in [-0.2, -0.15) is 0 Å². The molecule has 0 aliphatic carbocycles. The highest BCUT2D eigenvalue weighted by Crippen LogP contribution is 2.17. The molecule has 5 nitrogen and oxygen atoms in total. The van der Waals surface area contributed by atoms with Crippen molar-refractivity contribution < 1.29 is 10.0 Å². The number of aryl methyl sites for hydroxylation is 1. The van der Waals surface area contributed by atoms with Crippen molar-refractivity contribution in [3.05, 3.63) is 21.9 Å². The van der Waals surface area contributed by atoms with Gasteiger partial charge in [0, 0.05) is 4.88 Å². The van der Waals surface area contributed by atoms with Crippen LogP contribution in [0, 0.1) is 5.92 Å². The van der Waals surface area contributed by atoms with Gasteiger partial charge in [0.15, 0.2) is 5.84 Å². The fourth-order valence-electron chi connectivity index (χ4n) is 1.55. The summed E-state index contributed by atoms with van der Waals surface area (Å²) in [6.07, 6.45) is 0.909. The molecule has 1 aromatic heterocycles. The minimum atomic E-state index is -0.463. The van der Waals surface area contributed by atoms with Gasteiger partial charge in [-0.15, -0.1) is 11.3 Å². The topological polar surface area (TPSA) is 87.7 Å². The van der Waals surface area contributed by atoms with E-state index in [2.05, 4.69) is 10.5 Å². The Kier molecular flexibility index (Phi) is 5.15. The van der Waals surface area contributed by atoms with Crippen molar-refractivity contribution >= 4 is 23.1 Å². The second-order valence-corrected chi connectivity index (χ2v) is 5.51. The minimum absolute atomic E-state index is 0.0191. The summed E-state index contributed by atoms with van der Waals surface area (Å²) in [5.74, 6) is -0.119. The molecule has 0 aromatic carbocycles. The molecule has 1 heterocycles. The highest BCUT2D eigenvalue weighted by atomic mass is 32.1. The van der Waals surface area contributed by atoms with E-state index in [-0.39, 0.29) is 17.7 Å². The number of hydrogen-bond acceptors (Lipinski definition) is 4. The number of amidine groups is 1. The minimum Gasteiger partial charge on any atom is -0.409 e. The molecule has 0 bridgehead atoms. The fourth-order valence-corrected chi connectivity index (χ4v) is 2.40. The Balaban J connectivity index is 2.78. The summed E-state index contributed by atoms with van der Waals surface area (Å²) in [5, 5.41) is 14.4. The molecule has 100 valence electrons. The van der Waals surface area contributed by atoms with Gasteiger partial charge < -0.3 is 16.3 Å². The molecular formula is C12H19N3O2S. The van der Waals surface area contributed by atoms with Crippen LogP contribution in [-0.4, -0.2) is 23.0 Å². The Labute approximate surface area is 111 Å². The van der Waals surface area contributed by atoms with Gasteiger partial charge in [-0.25, -0.2) is 0 Å². The van der Waals surface area contributed by atoms with Gasteiger partial charge in [-0.1, -0.05) is 25.9 Å². The summed E-state index contributed by atoms with van der Waals surface area (Å²) in [4.78, 5) is 13.8. The third kappa shape index (κ3) is 3.46. The van der Waals surface area contributed by atoms with E-state index in [1.165, 1.54) is 11.3 Å². The first-order valence-electron chi connectivity index (χ1n) is 5.86. The lowest BCUT2D eigenvalue weighted by Gasteiger charge is -2.20. The average Bonchev–Trinajstić information content (AvgIpc) is 2.83. The summed E-state index contributed by atoms with van der Waals surface area (Å²) in [6, 6.07) is 3.27.